The topological polar surface area (TPSA) is 46.9 Å². The summed E-state index contributed by atoms with van der Waals surface area (Å²) in [5.41, 5.74) is 4.54. The molecule has 7 rings (SSSR count). The lowest BCUT2D eigenvalue weighted by Crippen LogP contribution is -2.51. The third-order valence-electron chi connectivity index (χ3n) is 10.6. The molecule has 6 aromatic carbocycles. The van der Waals surface area contributed by atoms with Gasteiger partial charge in [0.1, 0.15) is 0 Å². The maximum absolute atomic E-state index is 12.1. The summed E-state index contributed by atoms with van der Waals surface area (Å²) in [5.74, 6) is -0.740. The number of nitrogens with zero attached hydrogens (tertiary/aromatic N) is 2. The molecule has 0 aromatic heterocycles. The maximum atomic E-state index is 12.1. The van der Waals surface area contributed by atoms with Gasteiger partial charge in [-0.05, 0) is 106 Å². The van der Waals surface area contributed by atoms with E-state index in [1.165, 1.54) is 43.7 Å². The predicted molar refractivity (Wildman–Crippen MR) is 206 cm³/mol. The van der Waals surface area contributed by atoms with Crippen LogP contribution in [-0.4, -0.2) is 48.6 Å². The van der Waals surface area contributed by atoms with Gasteiger partial charge in [0, 0.05) is 60.2 Å². The Morgan fingerprint density at radius 3 is 1.06 bits per heavy atom. The van der Waals surface area contributed by atoms with Crippen LogP contribution in [0.1, 0.15) is 76.3 Å². The van der Waals surface area contributed by atoms with E-state index in [1.54, 1.807) is 0 Å². The first-order valence-electron chi connectivity index (χ1n) is 18.3. The van der Waals surface area contributed by atoms with Gasteiger partial charge in [-0.3, -0.25) is 0 Å². The molecule has 0 unspecified atom stereocenters. The van der Waals surface area contributed by atoms with Gasteiger partial charge in [-0.1, -0.05) is 88.4 Å². The number of anilines is 2. The van der Waals surface area contributed by atoms with Crippen LogP contribution < -0.4 is 9.80 Å². The van der Waals surface area contributed by atoms with Gasteiger partial charge in [0.2, 0.25) is 0 Å². The van der Waals surface area contributed by atoms with Gasteiger partial charge in [0.15, 0.2) is 0 Å². The molecule has 1 aliphatic carbocycles. The van der Waals surface area contributed by atoms with Crippen molar-refractivity contribution in [3.63, 3.8) is 0 Å². The first-order valence-corrected chi connectivity index (χ1v) is 18.3. The van der Waals surface area contributed by atoms with Crippen molar-refractivity contribution >= 4 is 54.5 Å². The molecule has 0 aliphatic heterocycles. The van der Waals surface area contributed by atoms with Crippen LogP contribution in [0.2, 0.25) is 0 Å². The molecule has 6 aromatic rings. The van der Waals surface area contributed by atoms with Crippen LogP contribution in [0.4, 0.5) is 11.4 Å². The molecule has 0 spiro atoms. The Labute approximate surface area is 285 Å². The van der Waals surface area contributed by atoms with Crippen molar-refractivity contribution in [2.75, 3.05) is 36.0 Å². The molecular formula is C44H50N2O2. The Balaban J connectivity index is 1.34. The zero-order valence-corrected chi connectivity index (χ0v) is 29.0. The third-order valence-corrected chi connectivity index (χ3v) is 10.6. The number of aliphatic hydroxyl groups is 2. The van der Waals surface area contributed by atoms with E-state index >= 15 is 0 Å². The molecule has 2 N–H and O–H groups in total. The van der Waals surface area contributed by atoms with Gasteiger partial charge in [-0.15, -0.1) is 0 Å². The summed E-state index contributed by atoms with van der Waals surface area (Å²) in [6.45, 7) is 12.9. The lowest BCUT2D eigenvalue weighted by atomic mass is 9.62. The second-order valence-electron chi connectivity index (χ2n) is 13.8. The fraction of sp³-hybridized carbons (Fsp3) is 0.364. The molecule has 0 heterocycles. The first-order chi connectivity index (χ1) is 23.5. The number of fused-ring (bicyclic) bond motifs is 4. The Morgan fingerprint density at radius 1 is 0.438 bits per heavy atom. The second kappa shape index (κ2) is 13.8. The maximum Gasteiger partial charge on any atom is 0.0727 e. The number of hydrogen-bond acceptors (Lipinski definition) is 4. The van der Waals surface area contributed by atoms with Gasteiger partial charge >= 0.3 is 0 Å². The molecule has 1 fully saturated rings. The molecule has 4 heteroatoms. The summed E-state index contributed by atoms with van der Waals surface area (Å²) in [5, 5.41) is 33.6. The smallest absolute Gasteiger partial charge is 0.0727 e. The van der Waals surface area contributed by atoms with E-state index in [9.17, 15) is 10.2 Å². The normalized spacial score (nSPS) is 19.3. The largest absolute Gasteiger partial charge is 0.392 e. The van der Waals surface area contributed by atoms with E-state index in [4.69, 9.17) is 0 Å². The predicted octanol–water partition coefficient (Wildman–Crippen LogP) is 10.2. The lowest BCUT2D eigenvalue weighted by Gasteiger charge is -2.48. The summed E-state index contributed by atoms with van der Waals surface area (Å²) < 4.78 is 0. The molecule has 248 valence electrons. The Morgan fingerprint density at radius 2 is 0.750 bits per heavy atom. The third kappa shape index (κ3) is 5.59. The summed E-state index contributed by atoms with van der Waals surface area (Å²) in [4.78, 5) is 4.99. The standard InChI is InChI=1S/C44H50N2O2/c1-5-21-45(22-6-2)39-19-17-33(35-25-29-13-9-11-15-31(29)27-37(35)39)41-43(47)42(44(41)48)34-18-20-40(46(23-7-3)24-8-4)38-28-32-16-12-10-14-30(32)26-36(34)38/h9-20,25-28,41-44,47-48H,5-8,21-24H2,1-4H3. The molecule has 1 aliphatic rings. The lowest BCUT2D eigenvalue weighted by molar-refractivity contribution is -0.0775. The number of benzene rings is 6. The summed E-state index contributed by atoms with van der Waals surface area (Å²) in [7, 11) is 0. The van der Waals surface area contributed by atoms with Crippen molar-refractivity contribution in [3.05, 3.63) is 108 Å². The summed E-state index contributed by atoms with van der Waals surface area (Å²) in [6, 6.07) is 35.1. The molecule has 0 saturated heterocycles. The van der Waals surface area contributed by atoms with Crippen LogP contribution in [0, 0.1) is 0 Å². The van der Waals surface area contributed by atoms with Crippen LogP contribution >= 0.6 is 0 Å². The number of rotatable bonds is 12. The average molecular weight is 639 g/mol. The molecule has 0 radical (unpaired) electrons. The minimum absolute atomic E-state index is 0.370. The van der Waals surface area contributed by atoms with Gasteiger partial charge in [-0.2, -0.15) is 0 Å². The van der Waals surface area contributed by atoms with Gasteiger partial charge in [0.05, 0.1) is 12.2 Å². The van der Waals surface area contributed by atoms with Crippen LogP contribution in [0.3, 0.4) is 0 Å². The number of hydrogen-bond donors (Lipinski definition) is 2. The van der Waals surface area contributed by atoms with Crippen molar-refractivity contribution in [1.29, 1.82) is 0 Å². The van der Waals surface area contributed by atoms with Gasteiger partial charge < -0.3 is 20.0 Å². The molecule has 0 bridgehead atoms. The van der Waals surface area contributed by atoms with Crippen molar-refractivity contribution < 1.29 is 10.2 Å². The second-order valence-corrected chi connectivity index (χ2v) is 13.8. The van der Waals surface area contributed by atoms with E-state index in [1.807, 2.05) is 0 Å². The highest BCUT2D eigenvalue weighted by Gasteiger charge is 2.51. The Kier molecular flexibility index (Phi) is 9.31. The SMILES string of the molecule is CCCN(CCC)c1ccc(C2C(O)C(c3ccc(N(CCC)CCC)c4cc5ccccc5cc34)C2O)c2cc3ccccc3cc12. The minimum Gasteiger partial charge on any atom is -0.392 e. The molecule has 48 heavy (non-hydrogen) atoms. The van der Waals surface area contributed by atoms with E-state index in [0.29, 0.717) is 0 Å². The summed E-state index contributed by atoms with van der Waals surface area (Å²) >= 11 is 0. The van der Waals surface area contributed by atoms with Crippen LogP contribution in [0.25, 0.3) is 43.1 Å². The minimum atomic E-state index is -0.703. The molecular weight excluding hydrogens is 588 g/mol. The van der Waals surface area contributed by atoms with Gasteiger partial charge in [0.25, 0.3) is 0 Å². The van der Waals surface area contributed by atoms with E-state index in [-0.39, 0.29) is 11.8 Å². The van der Waals surface area contributed by atoms with E-state index in [0.717, 1.165) is 73.8 Å². The average Bonchev–Trinajstić information content (AvgIpc) is 3.10. The Hall–Kier alpha value is -4.12. The fourth-order valence-electron chi connectivity index (χ4n) is 8.44. The highest BCUT2D eigenvalue weighted by molar-refractivity contribution is 6.07. The monoisotopic (exact) mass is 638 g/mol. The van der Waals surface area contributed by atoms with Crippen LogP contribution in [0.15, 0.2) is 97.1 Å². The number of aliphatic hydroxyl groups excluding tert-OH is 2. The summed E-state index contributed by atoms with van der Waals surface area (Å²) in [6.07, 6.45) is 2.91. The quantitative estimate of drug-likeness (QED) is 0.131. The van der Waals surface area contributed by atoms with Gasteiger partial charge in [-0.25, -0.2) is 0 Å². The molecule has 0 amide bonds. The fourth-order valence-corrected chi connectivity index (χ4v) is 8.44. The van der Waals surface area contributed by atoms with Crippen LogP contribution in [0.5, 0.6) is 0 Å². The Bertz CT molecular complexity index is 1900. The zero-order valence-electron chi connectivity index (χ0n) is 29.0. The van der Waals surface area contributed by atoms with Crippen molar-refractivity contribution in [3.8, 4) is 0 Å². The van der Waals surface area contributed by atoms with Crippen LogP contribution in [-0.2, 0) is 0 Å². The van der Waals surface area contributed by atoms with E-state index < -0.39 is 12.2 Å². The molecule has 0 atom stereocenters. The van der Waals surface area contributed by atoms with Crippen molar-refractivity contribution in [2.45, 2.75) is 77.4 Å². The first kappa shape index (κ1) is 32.4. The highest BCUT2D eigenvalue weighted by Crippen LogP contribution is 2.52. The van der Waals surface area contributed by atoms with Crippen molar-refractivity contribution in [1.82, 2.24) is 0 Å². The van der Waals surface area contributed by atoms with Crippen molar-refractivity contribution in [2.24, 2.45) is 0 Å². The van der Waals surface area contributed by atoms with E-state index in [2.05, 4.69) is 135 Å². The zero-order chi connectivity index (χ0) is 33.4. The molecule has 1 saturated carbocycles. The highest BCUT2D eigenvalue weighted by atomic mass is 16.3. The molecule has 4 nitrogen and oxygen atoms in total.